The third-order valence-corrected chi connectivity index (χ3v) is 4.88. The number of rotatable bonds is 6. The predicted molar refractivity (Wildman–Crippen MR) is 96.1 cm³/mol. The zero-order valence-electron chi connectivity index (χ0n) is 15.3. The molecule has 2 fully saturated rings. The van der Waals surface area contributed by atoms with Gasteiger partial charge in [0, 0.05) is 52.8 Å². The fourth-order valence-electron chi connectivity index (χ4n) is 3.41. The van der Waals surface area contributed by atoms with Crippen molar-refractivity contribution in [2.45, 2.75) is 19.3 Å². The lowest BCUT2D eigenvalue weighted by Gasteiger charge is -2.25. The highest BCUT2D eigenvalue weighted by Crippen LogP contribution is 2.13. The highest BCUT2D eigenvalue weighted by atomic mass is 16.5. The Morgan fingerprint density at radius 3 is 2.91 bits per heavy atom. The average Bonchev–Trinajstić information content (AvgIpc) is 2.96. The van der Waals surface area contributed by atoms with Gasteiger partial charge in [-0.15, -0.1) is 0 Å². The minimum absolute atomic E-state index is 0.646. The highest BCUT2D eigenvalue weighted by molar-refractivity contribution is 5.79. The number of likely N-dealkylation sites (N-methyl/N-ethyl adjacent to an activating group) is 1. The van der Waals surface area contributed by atoms with Gasteiger partial charge in [-0.1, -0.05) is 0 Å². The SMILES string of the molecule is CN=C(NCCCN1CCCN(C)CC1)N(C)CC1CCOC1. The fourth-order valence-corrected chi connectivity index (χ4v) is 3.41. The van der Waals surface area contributed by atoms with E-state index in [4.69, 9.17) is 4.74 Å². The van der Waals surface area contributed by atoms with Gasteiger partial charge in [0.1, 0.15) is 0 Å². The van der Waals surface area contributed by atoms with Gasteiger partial charge in [-0.05, 0) is 45.9 Å². The molecular weight excluding hydrogens is 290 g/mol. The van der Waals surface area contributed by atoms with Gasteiger partial charge in [0.05, 0.1) is 6.61 Å². The molecule has 1 N–H and O–H groups in total. The van der Waals surface area contributed by atoms with Crippen molar-refractivity contribution in [3.05, 3.63) is 0 Å². The van der Waals surface area contributed by atoms with Crippen LogP contribution in [-0.4, -0.2) is 101 Å². The third kappa shape index (κ3) is 6.65. The number of nitrogens with one attached hydrogen (secondary N) is 1. The Labute approximate surface area is 141 Å². The first-order valence-corrected chi connectivity index (χ1v) is 9.09. The van der Waals surface area contributed by atoms with E-state index in [-0.39, 0.29) is 0 Å². The monoisotopic (exact) mass is 325 g/mol. The van der Waals surface area contributed by atoms with Crippen molar-refractivity contribution in [3.8, 4) is 0 Å². The second-order valence-electron chi connectivity index (χ2n) is 6.94. The molecule has 0 aromatic rings. The van der Waals surface area contributed by atoms with Gasteiger partial charge in [-0.2, -0.15) is 0 Å². The molecular formula is C17H35N5O. The summed E-state index contributed by atoms with van der Waals surface area (Å²) in [5.41, 5.74) is 0. The van der Waals surface area contributed by atoms with Crippen molar-refractivity contribution >= 4 is 5.96 Å². The largest absolute Gasteiger partial charge is 0.381 e. The van der Waals surface area contributed by atoms with Gasteiger partial charge < -0.3 is 24.8 Å². The summed E-state index contributed by atoms with van der Waals surface area (Å²) in [6.45, 7) is 9.87. The van der Waals surface area contributed by atoms with Crippen LogP contribution in [0.1, 0.15) is 19.3 Å². The van der Waals surface area contributed by atoms with E-state index in [1.165, 1.54) is 52.0 Å². The Kier molecular flexibility index (Phi) is 8.12. The Morgan fingerprint density at radius 1 is 1.30 bits per heavy atom. The van der Waals surface area contributed by atoms with Gasteiger partial charge in [0.15, 0.2) is 5.96 Å². The van der Waals surface area contributed by atoms with Crippen LogP contribution < -0.4 is 5.32 Å². The molecule has 0 saturated carbocycles. The van der Waals surface area contributed by atoms with E-state index in [9.17, 15) is 0 Å². The second kappa shape index (κ2) is 10.1. The molecule has 2 aliphatic rings. The maximum atomic E-state index is 5.46. The number of guanidine groups is 1. The van der Waals surface area contributed by atoms with Crippen LogP contribution in [0.4, 0.5) is 0 Å². The van der Waals surface area contributed by atoms with Crippen molar-refractivity contribution in [2.24, 2.45) is 10.9 Å². The molecule has 2 heterocycles. The summed E-state index contributed by atoms with van der Waals surface area (Å²) in [6, 6.07) is 0. The molecule has 1 unspecified atom stereocenters. The van der Waals surface area contributed by atoms with E-state index < -0.39 is 0 Å². The van der Waals surface area contributed by atoms with Crippen LogP contribution >= 0.6 is 0 Å². The van der Waals surface area contributed by atoms with Crippen LogP contribution in [0.15, 0.2) is 4.99 Å². The summed E-state index contributed by atoms with van der Waals surface area (Å²) in [5.74, 6) is 1.65. The van der Waals surface area contributed by atoms with Gasteiger partial charge in [-0.3, -0.25) is 4.99 Å². The molecule has 0 aromatic heterocycles. The van der Waals surface area contributed by atoms with E-state index >= 15 is 0 Å². The normalized spacial score (nSPS) is 24.7. The predicted octanol–water partition coefficient (Wildman–Crippen LogP) is 0.558. The van der Waals surface area contributed by atoms with E-state index in [2.05, 4.69) is 39.1 Å². The Balaban J connectivity index is 1.61. The van der Waals surface area contributed by atoms with Crippen LogP contribution in [0.5, 0.6) is 0 Å². The molecule has 1 atom stereocenters. The number of ether oxygens (including phenoxy) is 1. The first-order chi connectivity index (χ1) is 11.2. The molecule has 0 radical (unpaired) electrons. The summed E-state index contributed by atoms with van der Waals surface area (Å²) in [5, 5.41) is 3.51. The van der Waals surface area contributed by atoms with Crippen LogP contribution in [0.2, 0.25) is 0 Å². The molecule has 23 heavy (non-hydrogen) atoms. The zero-order valence-corrected chi connectivity index (χ0v) is 15.3. The first kappa shape index (κ1) is 18.5. The summed E-state index contributed by atoms with van der Waals surface area (Å²) < 4.78 is 5.46. The summed E-state index contributed by atoms with van der Waals surface area (Å²) in [7, 11) is 6.22. The minimum Gasteiger partial charge on any atom is -0.381 e. The third-order valence-electron chi connectivity index (χ3n) is 4.88. The molecule has 134 valence electrons. The van der Waals surface area contributed by atoms with E-state index in [1.807, 2.05) is 7.05 Å². The van der Waals surface area contributed by atoms with Crippen LogP contribution in [0, 0.1) is 5.92 Å². The topological polar surface area (TPSA) is 43.3 Å². The molecule has 0 spiro atoms. The average molecular weight is 326 g/mol. The zero-order chi connectivity index (χ0) is 16.5. The summed E-state index contributed by atoms with van der Waals surface area (Å²) >= 11 is 0. The lowest BCUT2D eigenvalue weighted by atomic mass is 10.1. The molecule has 0 bridgehead atoms. The Bertz CT molecular complexity index is 357. The first-order valence-electron chi connectivity index (χ1n) is 9.09. The smallest absolute Gasteiger partial charge is 0.193 e. The number of aliphatic imine (C=N–C) groups is 1. The highest BCUT2D eigenvalue weighted by Gasteiger charge is 2.19. The standard InChI is InChI=1S/C17H35N5O/c1-18-17(21(3)14-16-6-13-23-15-16)19-7-4-9-22-10-5-8-20(2)11-12-22/h16H,4-15H2,1-3H3,(H,18,19). The van der Waals surface area contributed by atoms with E-state index in [0.717, 1.165) is 32.3 Å². The molecule has 2 aliphatic heterocycles. The van der Waals surface area contributed by atoms with Crippen molar-refractivity contribution in [1.82, 2.24) is 20.0 Å². The molecule has 2 saturated heterocycles. The number of nitrogens with zero attached hydrogens (tertiary/aromatic N) is 4. The Morgan fingerprint density at radius 2 is 2.17 bits per heavy atom. The van der Waals surface area contributed by atoms with Crippen LogP contribution in [-0.2, 0) is 4.74 Å². The van der Waals surface area contributed by atoms with E-state index in [1.54, 1.807) is 0 Å². The molecule has 6 nitrogen and oxygen atoms in total. The lowest BCUT2D eigenvalue weighted by Crippen LogP contribution is -2.42. The summed E-state index contributed by atoms with van der Waals surface area (Å²) in [6.07, 6.45) is 3.63. The van der Waals surface area contributed by atoms with Gasteiger partial charge in [0.2, 0.25) is 0 Å². The Hall–Kier alpha value is -0.850. The second-order valence-corrected chi connectivity index (χ2v) is 6.94. The van der Waals surface area contributed by atoms with Crippen LogP contribution in [0.25, 0.3) is 0 Å². The van der Waals surface area contributed by atoms with Crippen molar-refractivity contribution in [1.29, 1.82) is 0 Å². The minimum atomic E-state index is 0.646. The van der Waals surface area contributed by atoms with Crippen LogP contribution in [0.3, 0.4) is 0 Å². The van der Waals surface area contributed by atoms with Gasteiger partial charge in [0.25, 0.3) is 0 Å². The molecule has 0 aromatic carbocycles. The fraction of sp³-hybridized carbons (Fsp3) is 0.941. The summed E-state index contributed by atoms with van der Waals surface area (Å²) in [4.78, 5) is 11.7. The maximum absolute atomic E-state index is 5.46. The maximum Gasteiger partial charge on any atom is 0.193 e. The molecule has 6 heteroatoms. The lowest BCUT2D eigenvalue weighted by molar-refractivity contribution is 0.181. The molecule has 0 amide bonds. The molecule has 0 aliphatic carbocycles. The van der Waals surface area contributed by atoms with Gasteiger partial charge in [-0.25, -0.2) is 0 Å². The molecule has 2 rings (SSSR count). The quantitative estimate of drug-likeness (QED) is 0.439. The number of hydrogen-bond donors (Lipinski definition) is 1. The number of hydrogen-bond acceptors (Lipinski definition) is 4. The van der Waals surface area contributed by atoms with Gasteiger partial charge >= 0.3 is 0 Å². The van der Waals surface area contributed by atoms with Crippen molar-refractivity contribution in [2.75, 3.05) is 80.2 Å². The van der Waals surface area contributed by atoms with Crippen molar-refractivity contribution in [3.63, 3.8) is 0 Å². The van der Waals surface area contributed by atoms with E-state index in [0.29, 0.717) is 5.92 Å². The van der Waals surface area contributed by atoms with Crippen molar-refractivity contribution < 1.29 is 4.74 Å².